The molecule has 6 heteroatoms. The third-order valence-corrected chi connectivity index (χ3v) is 4.98. The molecule has 2 aromatic carbocycles. The molecule has 1 aromatic heterocycles. The summed E-state index contributed by atoms with van der Waals surface area (Å²) in [5.74, 6) is -0.358. The number of hydrogen-bond acceptors (Lipinski definition) is 3. The molecule has 0 saturated heterocycles. The molecule has 6 nitrogen and oxygen atoms in total. The summed E-state index contributed by atoms with van der Waals surface area (Å²) in [4.78, 5) is 26.9. The average molecular weight is 405 g/mol. The number of benzene rings is 2. The van der Waals surface area contributed by atoms with Gasteiger partial charge in [-0.3, -0.25) is 14.3 Å². The number of nitrogens with one attached hydrogen (secondary N) is 1. The smallest absolute Gasteiger partial charge is 0.251 e. The lowest BCUT2D eigenvalue weighted by atomic mass is 10.1. The van der Waals surface area contributed by atoms with Gasteiger partial charge < -0.3 is 10.2 Å². The number of rotatable bonds is 8. The molecule has 0 atom stereocenters. The number of carbonyl (C=O) groups excluding carboxylic acids is 2. The van der Waals surface area contributed by atoms with E-state index >= 15 is 0 Å². The topological polar surface area (TPSA) is 67.2 Å². The molecule has 0 fully saturated rings. The Balaban J connectivity index is 1.58. The monoisotopic (exact) mass is 404 g/mol. The Bertz CT molecular complexity index is 1010. The number of carbonyl (C=O) groups is 2. The number of amides is 2. The van der Waals surface area contributed by atoms with Gasteiger partial charge in [-0.05, 0) is 50.1 Å². The Labute approximate surface area is 177 Å². The summed E-state index contributed by atoms with van der Waals surface area (Å²) in [5.41, 5.74) is 4.63. The predicted molar refractivity (Wildman–Crippen MR) is 117 cm³/mol. The average Bonchev–Trinajstić information content (AvgIpc) is 3.07. The molecule has 156 valence electrons. The van der Waals surface area contributed by atoms with E-state index in [1.54, 1.807) is 11.0 Å². The van der Waals surface area contributed by atoms with Crippen LogP contribution in [0.1, 0.15) is 39.8 Å². The van der Waals surface area contributed by atoms with E-state index in [0.717, 1.165) is 22.5 Å². The van der Waals surface area contributed by atoms with Crippen LogP contribution in [-0.2, 0) is 17.9 Å². The highest BCUT2D eigenvalue weighted by molar-refractivity contribution is 5.96. The second kappa shape index (κ2) is 9.87. The second-order valence-corrected chi connectivity index (χ2v) is 7.36. The molecular weight excluding hydrogens is 376 g/mol. The van der Waals surface area contributed by atoms with E-state index in [-0.39, 0.29) is 18.4 Å². The summed E-state index contributed by atoms with van der Waals surface area (Å²) in [6.45, 7) is 7.59. The highest BCUT2D eigenvalue weighted by atomic mass is 16.2. The van der Waals surface area contributed by atoms with E-state index in [0.29, 0.717) is 25.2 Å². The van der Waals surface area contributed by atoms with Gasteiger partial charge in [0.25, 0.3) is 5.91 Å². The summed E-state index contributed by atoms with van der Waals surface area (Å²) in [6.07, 6.45) is 0. The number of likely N-dealkylation sites (N-methyl/N-ethyl adjacent to an activating group) is 1. The van der Waals surface area contributed by atoms with Gasteiger partial charge in [0.1, 0.15) is 0 Å². The molecule has 3 rings (SSSR count). The molecule has 1 heterocycles. The highest BCUT2D eigenvalue weighted by Gasteiger charge is 2.14. The maximum atomic E-state index is 12.6. The SMILES string of the molecule is CCN(Cc1ccccc1)C(=O)CNC(=O)c1cccc(Cn2nc(C)cc2C)c1. The van der Waals surface area contributed by atoms with Crippen LogP contribution in [0, 0.1) is 13.8 Å². The van der Waals surface area contributed by atoms with Gasteiger partial charge in [-0.1, -0.05) is 42.5 Å². The first kappa shape index (κ1) is 21.3. The Hall–Kier alpha value is -3.41. The van der Waals surface area contributed by atoms with Gasteiger partial charge in [-0.2, -0.15) is 5.10 Å². The first-order chi connectivity index (χ1) is 14.5. The quantitative estimate of drug-likeness (QED) is 0.626. The Kier molecular flexibility index (Phi) is 7.01. The molecule has 0 saturated carbocycles. The van der Waals surface area contributed by atoms with E-state index < -0.39 is 0 Å². The van der Waals surface area contributed by atoms with Crippen LogP contribution < -0.4 is 5.32 Å². The van der Waals surface area contributed by atoms with Crippen LogP contribution in [0.15, 0.2) is 60.7 Å². The highest BCUT2D eigenvalue weighted by Crippen LogP contribution is 2.10. The fraction of sp³-hybridized carbons (Fsp3) is 0.292. The summed E-state index contributed by atoms with van der Waals surface area (Å²) >= 11 is 0. The van der Waals surface area contributed by atoms with Crippen molar-refractivity contribution in [1.82, 2.24) is 20.0 Å². The Morgan fingerprint density at radius 1 is 1.00 bits per heavy atom. The van der Waals surface area contributed by atoms with E-state index in [4.69, 9.17) is 0 Å². The van der Waals surface area contributed by atoms with Crippen LogP contribution in [0.5, 0.6) is 0 Å². The van der Waals surface area contributed by atoms with Crippen LogP contribution in [0.25, 0.3) is 0 Å². The van der Waals surface area contributed by atoms with E-state index in [9.17, 15) is 9.59 Å². The maximum absolute atomic E-state index is 12.6. The molecule has 0 spiro atoms. The van der Waals surface area contributed by atoms with Crippen molar-refractivity contribution >= 4 is 11.8 Å². The Morgan fingerprint density at radius 3 is 2.40 bits per heavy atom. The molecule has 3 aromatic rings. The first-order valence-electron chi connectivity index (χ1n) is 10.2. The van der Waals surface area contributed by atoms with Crippen molar-refractivity contribution in [3.63, 3.8) is 0 Å². The molecule has 2 amide bonds. The summed E-state index contributed by atoms with van der Waals surface area (Å²) in [5, 5.41) is 7.22. The number of hydrogen-bond donors (Lipinski definition) is 1. The van der Waals surface area contributed by atoms with Crippen molar-refractivity contribution in [2.75, 3.05) is 13.1 Å². The summed E-state index contributed by atoms with van der Waals surface area (Å²) in [6, 6.07) is 19.3. The van der Waals surface area contributed by atoms with Gasteiger partial charge in [0.05, 0.1) is 18.8 Å². The third kappa shape index (κ3) is 5.56. The molecule has 0 aliphatic heterocycles. The lowest BCUT2D eigenvalue weighted by Gasteiger charge is -2.21. The largest absolute Gasteiger partial charge is 0.343 e. The van der Waals surface area contributed by atoms with E-state index in [2.05, 4.69) is 10.4 Å². The summed E-state index contributed by atoms with van der Waals surface area (Å²) in [7, 11) is 0. The number of aromatic nitrogens is 2. The molecular formula is C24H28N4O2. The van der Waals surface area contributed by atoms with Crippen molar-refractivity contribution in [1.29, 1.82) is 0 Å². The lowest BCUT2D eigenvalue weighted by molar-refractivity contribution is -0.130. The van der Waals surface area contributed by atoms with Crippen LogP contribution in [0.3, 0.4) is 0 Å². The maximum Gasteiger partial charge on any atom is 0.251 e. The van der Waals surface area contributed by atoms with Crippen LogP contribution in [-0.4, -0.2) is 39.6 Å². The van der Waals surface area contributed by atoms with Crippen molar-refractivity contribution in [2.45, 2.75) is 33.9 Å². The van der Waals surface area contributed by atoms with Crippen LogP contribution in [0.2, 0.25) is 0 Å². The van der Waals surface area contributed by atoms with E-state index in [1.165, 1.54) is 0 Å². The lowest BCUT2D eigenvalue weighted by Crippen LogP contribution is -2.39. The molecule has 0 unspecified atom stereocenters. The molecule has 1 N–H and O–H groups in total. The van der Waals surface area contributed by atoms with Crippen molar-refractivity contribution in [3.8, 4) is 0 Å². The zero-order valence-electron chi connectivity index (χ0n) is 17.8. The number of aryl methyl sites for hydroxylation is 2. The number of nitrogens with zero attached hydrogens (tertiary/aromatic N) is 3. The fourth-order valence-corrected chi connectivity index (χ4v) is 3.37. The summed E-state index contributed by atoms with van der Waals surface area (Å²) < 4.78 is 1.92. The van der Waals surface area contributed by atoms with Gasteiger partial charge >= 0.3 is 0 Å². The van der Waals surface area contributed by atoms with Gasteiger partial charge in [0, 0.05) is 24.3 Å². The van der Waals surface area contributed by atoms with Crippen molar-refractivity contribution in [3.05, 3.63) is 88.7 Å². The molecule has 0 aliphatic rings. The van der Waals surface area contributed by atoms with Crippen molar-refractivity contribution < 1.29 is 9.59 Å². The molecule has 0 radical (unpaired) electrons. The van der Waals surface area contributed by atoms with Crippen molar-refractivity contribution in [2.24, 2.45) is 0 Å². The zero-order valence-corrected chi connectivity index (χ0v) is 17.8. The normalized spacial score (nSPS) is 10.6. The van der Waals surface area contributed by atoms with E-state index in [1.807, 2.05) is 80.1 Å². The van der Waals surface area contributed by atoms with Crippen LogP contribution in [0.4, 0.5) is 0 Å². The molecule has 0 aliphatic carbocycles. The molecule has 30 heavy (non-hydrogen) atoms. The van der Waals surface area contributed by atoms with Crippen LogP contribution >= 0.6 is 0 Å². The minimum atomic E-state index is -0.255. The standard InChI is InChI=1S/C24H28N4O2/c1-4-27(16-20-9-6-5-7-10-20)23(29)15-25-24(30)22-12-8-11-21(14-22)17-28-19(3)13-18(2)26-28/h5-14H,4,15-17H2,1-3H3,(H,25,30). The zero-order chi connectivity index (χ0) is 21.5. The fourth-order valence-electron chi connectivity index (χ4n) is 3.37. The minimum absolute atomic E-state index is 0.0266. The van der Waals surface area contributed by atoms with Gasteiger partial charge in [-0.15, -0.1) is 0 Å². The minimum Gasteiger partial charge on any atom is -0.343 e. The van der Waals surface area contributed by atoms with Gasteiger partial charge in [0.15, 0.2) is 0 Å². The second-order valence-electron chi connectivity index (χ2n) is 7.36. The third-order valence-electron chi connectivity index (χ3n) is 4.98. The van der Waals surface area contributed by atoms with Gasteiger partial charge in [-0.25, -0.2) is 0 Å². The first-order valence-corrected chi connectivity index (χ1v) is 10.2. The predicted octanol–water partition coefficient (Wildman–Crippen LogP) is 3.33. The Morgan fingerprint density at radius 2 is 1.73 bits per heavy atom. The van der Waals surface area contributed by atoms with Gasteiger partial charge in [0.2, 0.25) is 5.91 Å². The molecule has 0 bridgehead atoms.